The molecule has 1 unspecified atom stereocenters. The summed E-state index contributed by atoms with van der Waals surface area (Å²) in [5.74, 6) is 0.442. The van der Waals surface area contributed by atoms with Crippen LogP contribution in [0.15, 0.2) is 12.2 Å². The fourth-order valence-corrected chi connectivity index (χ4v) is 9.09. The molecule has 138 valence electrons. The van der Waals surface area contributed by atoms with Crippen LogP contribution in [0.25, 0.3) is 0 Å². The zero-order chi connectivity index (χ0) is 17.8. The molecule has 2 saturated carbocycles. The lowest BCUT2D eigenvalue weighted by molar-refractivity contribution is -0.134. The summed E-state index contributed by atoms with van der Waals surface area (Å²) in [6.07, 6.45) is 7.09. The van der Waals surface area contributed by atoms with Crippen molar-refractivity contribution in [3.63, 3.8) is 0 Å². The van der Waals surface area contributed by atoms with Crippen molar-refractivity contribution in [2.24, 2.45) is 16.7 Å². The topological polar surface area (TPSA) is 66.7 Å². The smallest absolute Gasteiger partial charge is 0.258 e. The molecule has 1 amide bonds. The summed E-state index contributed by atoms with van der Waals surface area (Å²) in [7, 11) is -1.93. The van der Waals surface area contributed by atoms with Crippen LogP contribution in [-0.2, 0) is 19.6 Å². The monoisotopic (exact) mass is 366 g/mol. The highest BCUT2D eigenvalue weighted by molar-refractivity contribution is 7.90. The Morgan fingerprint density at radius 1 is 1.32 bits per heavy atom. The molecule has 5 aliphatic rings. The van der Waals surface area contributed by atoms with E-state index < -0.39 is 15.6 Å². The molecule has 0 aromatic carbocycles. The number of methoxy groups -OCH3 is 1. The molecule has 3 aliphatic heterocycles. The third kappa shape index (κ3) is 1.68. The highest BCUT2D eigenvalue weighted by atomic mass is 32.2. The maximum absolute atomic E-state index is 13.5. The van der Waals surface area contributed by atoms with Crippen LogP contribution in [0, 0.1) is 16.7 Å². The van der Waals surface area contributed by atoms with Gasteiger partial charge in [-0.05, 0) is 43.1 Å². The average molecular weight is 366 g/mol. The first-order chi connectivity index (χ1) is 11.7. The van der Waals surface area contributed by atoms with E-state index >= 15 is 0 Å². The minimum atomic E-state index is -3.55. The maximum Gasteiger partial charge on any atom is 0.258 e. The third-order valence-electron chi connectivity index (χ3n) is 8.19. The highest BCUT2D eigenvalue weighted by Crippen LogP contribution is 2.70. The van der Waals surface area contributed by atoms with Crippen molar-refractivity contribution in [2.75, 3.05) is 19.4 Å². The van der Waals surface area contributed by atoms with Gasteiger partial charge in [0.15, 0.2) is 0 Å². The van der Waals surface area contributed by atoms with Gasteiger partial charge in [0.2, 0.25) is 10.0 Å². The Hall–Kier alpha value is -0.920. The summed E-state index contributed by atoms with van der Waals surface area (Å²) in [5, 5.41) is 0. The predicted octanol–water partition coefficient (Wildman–Crippen LogP) is 1.34. The first-order valence-corrected chi connectivity index (χ1v) is 10.8. The number of hydrogen-bond acceptors (Lipinski definition) is 5. The van der Waals surface area contributed by atoms with Gasteiger partial charge in [0.1, 0.15) is 11.8 Å². The van der Waals surface area contributed by atoms with Gasteiger partial charge in [-0.25, -0.2) is 12.7 Å². The van der Waals surface area contributed by atoms with Crippen molar-refractivity contribution >= 4 is 15.9 Å². The van der Waals surface area contributed by atoms with Gasteiger partial charge in [0.25, 0.3) is 5.91 Å². The van der Waals surface area contributed by atoms with Gasteiger partial charge in [0.05, 0.1) is 11.8 Å². The lowest BCUT2D eigenvalue weighted by atomic mass is 9.69. The molecule has 0 aromatic rings. The van der Waals surface area contributed by atoms with E-state index in [0.717, 1.165) is 19.3 Å². The van der Waals surface area contributed by atoms with E-state index in [1.54, 1.807) is 7.11 Å². The zero-order valence-electron chi connectivity index (χ0n) is 15.1. The van der Waals surface area contributed by atoms with E-state index in [0.29, 0.717) is 18.9 Å². The first kappa shape index (κ1) is 16.3. The minimum Gasteiger partial charge on any atom is -0.363 e. The van der Waals surface area contributed by atoms with Crippen molar-refractivity contribution in [1.29, 1.82) is 0 Å². The molecule has 0 N–H and O–H groups in total. The summed E-state index contributed by atoms with van der Waals surface area (Å²) in [5.41, 5.74) is -0.976. The fraction of sp³-hybridized carbons (Fsp3) is 0.833. The SMILES string of the molecule is CO[C@H]1C=CC[C@@]2(C(=O)N3[C@@H]4C[C@@H]5CC[C@@]4(CS3(=O)=O)C5(C)C)CN12. The quantitative estimate of drug-likeness (QED) is 0.545. The lowest BCUT2D eigenvalue weighted by Gasteiger charge is -2.37. The summed E-state index contributed by atoms with van der Waals surface area (Å²) in [4.78, 5) is 15.5. The Kier molecular flexibility index (Phi) is 2.92. The van der Waals surface area contributed by atoms with Crippen LogP contribution < -0.4 is 0 Å². The molecule has 2 bridgehead atoms. The van der Waals surface area contributed by atoms with Crippen LogP contribution in [0.2, 0.25) is 0 Å². The van der Waals surface area contributed by atoms with Gasteiger partial charge in [-0.1, -0.05) is 19.9 Å². The number of rotatable bonds is 2. The van der Waals surface area contributed by atoms with Gasteiger partial charge >= 0.3 is 0 Å². The number of carbonyl (C=O) groups is 1. The Labute approximate surface area is 149 Å². The van der Waals surface area contributed by atoms with E-state index in [-0.39, 0.29) is 34.8 Å². The normalized spacial score (nSPS) is 50.6. The molecule has 3 heterocycles. The number of amides is 1. The van der Waals surface area contributed by atoms with Gasteiger partial charge < -0.3 is 4.74 Å². The van der Waals surface area contributed by atoms with Crippen LogP contribution in [0.1, 0.15) is 39.5 Å². The van der Waals surface area contributed by atoms with Crippen LogP contribution in [0.4, 0.5) is 0 Å². The van der Waals surface area contributed by atoms with Gasteiger partial charge in [-0.3, -0.25) is 9.69 Å². The lowest BCUT2D eigenvalue weighted by Crippen LogP contribution is -2.51. The van der Waals surface area contributed by atoms with Crippen molar-refractivity contribution < 1.29 is 17.9 Å². The van der Waals surface area contributed by atoms with E-state index in [1.807, 2.05) is 17.1 Å². The molecular formula is C18H26N2O4S. The summed E-state index contributed by atoms with van der Waals surface area (Å²) in [6, 6.07) is -0.150. The largest absolute Gasteiger partial charge is 0.363 e. The first-order valence-electron chi connectivity index (χ1n) is 9.22. The van der Waals surface area contributed by atoms with E-state index in [9.17, 15) is 13.2 Å². The Balaban J connectivity index is 1.53. The number of hydrogen-bond donors (Lipinski definition) is 0. The van der Waals surface area contributed by atoms with Crippen molar-refractivity contribution in [1.82, 2.24) is 9.21 Å². The molecule has 0 radical (unpaired) electrons. The summed E-state index contributed by atoms with van der Waals surface area (Å²) >= 11 is 0. The van der Waals surface area contributed by atoms with E-state index in [2.05, 4.69) is 13.8 Å². The van der Waals surface area contributed by atoms with Gasteiger partial charge in [-0.15, -0.1) is 0 Å². The van der Waals surface area contributed by atoms with Crippen LogP contribution >= 0.6 is 0 Å². The zero-order valence-corrected chi connectivity index (χ0v) is 15.9. The second-order valence-corrected chi connectivity index (χ2v) is 11.0. The van der Waals surface area contributed by atoms with E-state index in [4.69, 9.17) is 4.74 Å². The predicted molar refractivity (Wildman–Crippen MR) is 92.0 cm³/mol. The molecule has 6 atom stereocenters. The molecule has 25 heavy (non-hydrogen) atoms. The highest BCUT2D eigenvalue weighted by Gasteiger charge is 2.75. The van der Waals surface area contributed by atoms with Crippen molar-refractivity contribution in [2.45, 2.75) is 57.3 Å². The molecule has 2 aliphatic carbocycles. The Morgan fingerprint density at radius 3 is 2.76 bits per heavy atom. The second kappa shape index (κ2) is 4.49. The number of nitrogens with zero attached hydrogens (tertiary/aromatic N) is 2. The van der Waals surface area contributed by atoms with Crippen LogP contribution in [-0.4, -0.2) is 60.7 Å². The van der Waals surface area contributed by atoms with Crippen molar-refractivity contribution in [3.05, 3.63) is 12.2 Å². The summed E-state index contributed by atoms with van der Waals surface area (Å²) < 4.78 is 32.9. The number of carbonyl (C=O) groups excluding carboxylic acids is 1. The standard InChI is InChI=1S/C18H26N2O4S/c1-16(2)12-6-8-17(16)11-25(22,23)20(13(17)9-12)15(21)18-7-4-5-14(24-3)19(18)10-18/h4-5,12-14H,6-11H2,1-3H3/t12-,13+,14-,17-,18-,19?/m0/s1. The Bertz CT molecular complexity index is 791. The molecule has 5 rings (SSSR count). The molecular weight excluding hydrogens is 340 g/mol. The van der Waals surface area contributed by atoms with Crippen LogP contribution in [0.3, 0.4) is 0 Å². The maximum atomic E-state index is 13.5. The van der Waals surface area contributed by atoms with E-state index in [1.165, 1.54) is 4.31 Å². The Morgan fingerprint density at radius 2 is 2.08 bits per heavy atom. The van der Waals surface area contributed by atoms with Gasteiger partial charge in [0, 0.05) is 19.1 Å². The van der Waals surface area contributed by atoms with Crippen molar-refractivity contribution in [3.8, 4) is 0 Å². The fourth-order valence-electron chi connectivity index (χ4n) is 6.49. The number of fused-ring (bicyclic) bond motifs is 2. The minimum absolute atomic E-state index is 0.0117. The third-order valence-corrected chi connectivity index (χ3v) is 10.1. The average Bonchev–Trinajstić information content (AvgIpc) is 3.14. The number of ether oxygens (including phenoxy) is 1. The number of sulfonamides is 1. The molecule has 0 aromatic heterocycles. The van der Waals surface area contributed by atoms with Gasteiger partial charge in [-0.2, -0.15) is 0 Å². The molecule has 2 saturated heterocycles. The molecule has 6 nitrogen and oxygen atoms in total. The molecule has 1 spiro atoms. The molecule has 7 heteroatoms. The molecule has 4 fully saturated rings. The second-order valence-electron chi connectivity index (χ2n) is 9.14. The van der Waals surface area contributed by atoms with Crippen LogP contribution in [0.5, 0.6) is 0 Å². The summed E-state index contributed by atoms with van der Waals surface area (Å²) in [6.45, 7) is 5.00.